The summed E-state index contributed by atoms with van der Waals surface area (Å²) in [5, 5.41) is 8.40. The highest BCUT2D eigenvalue weighted by molar-refractivity contribution is 5.43. The molecule has 1 fully saturated rings. The van der Waals surface area contributed by atoms with Gasteiger partial charge >= 0.3 is 0 Å². The zero-order chi connectivity index (χ0) is 16.1. The first-order valence-corrected chi connectivity index (χ1v) is 7.87. The predicted octanol–water partition coefficient (Wildman–Crippen LogP) is -0.306. The molecule has 1 aliphatic rings. The summed E-state index contributed by atoms with van der Waals surface area (Å²) in [5.74, 6) is 0. The molecule has 1 unspecified atom stereocenters. The summed E-state index contributed by atoms with van der Waals surface area (Å²) in [6.07, 6.45) is 6.27. The molecule has 0 bridgehead atoms. The lowest BCUT2D eigenvalue weighted by Gasteiger charge is -2.34. The van der Waals surface area contributed by atoms with Crippen molar-refractivity contribution in [2.75, 3.05) is 31.1 Å². The Labute approximate surface area is 134 Å². The number of morpholine rings is 1. The van der Waals surface area contributed by atoms with Gasteiger partial charge in [-0.25, -0.2) is 4.68 Å². The molecule has 2 aromatic heterocycles. The number of nitrogens with zero attached hydrogens (tertiary/aromatic N) is 5. The number of ether oxygens (including phenoxy) is 1. The van der Waals surface area contributed by atoms with Crippen molar-refractivity contribution >= 4 is 5.69 Å². The molecule has 0 aliphatic carbocycles. The minimum absolute atomic E-state index is 0.100. The monoisotopic (exact) mass is 318 g/mol. The highest BCUT2D eigenvalue weighted by Crippen LogP contribution is 2.16. The number of nitrogens with two attached hydrogens (primary N) is 1. The summed E-state index contributed by atoms with van der Waals surface area (Å²) < 4.78 is 8.91. The van der Waals surface area contributed by atoms with Crippen molar-refractivity contribution in [2.45, 2.75) is 25.6 Å². The van der Waals surface area contributed by atoms with E-state index in [0.29, 0.717) is 26.2 Å². The van der Waals surface area contributed by atoms with Gasteiger partial charge in [0.1, 0.15) is 0 Å². The van der Waals surface area contributed by atoms with Gasteiger partial charge in [0.2, 0.25) is 0 Å². The van der Waals surface area contributed by atoms with Crippen molar-refractivity contribution in [3.8, 4) is 0 Å². The van der Waals surface area contributed by atoms with Crippen LogP contribution in [0.4, 0.5) is 5.69 Å². The standard InChI is InChI=1S/C15H22N6O2/c16-3-2-14-12-19(8-9-23-14)13-10-15(22)21(18-11-13)7-6-20-5-1-4-17-20/h1,4-5,10-11,14H,2-3,6-9,12,16H2. The lowest BCUT2D eigenvalue weighted by Crippen LogP contribution is -2.44. The van der Waals surface area contributed by atoms with Crippen LogP contribution in [0, 0.1) is 0 Å². The van der Waals surface area contributed by atoms with Gasteiger partial charge in [0.05, 0.1) is 37.7 Å². The number of rotatable bonds is 6. The van der Waals surface area contributed by atoms with E-state index in [9.17, 15) is 4.79 Å². The Hall–Kier alpha value is -2.19. The molecule has 8 heteroatoms. The summed E-state index contributed by atoms with van der Waals surface area (Å²) in [6, 6.07) is 3.50. The molecule has 2 N–H and O–H groups in total. The van der Waals surface area contributed by atoms with E-state index in [1.165, 1.54) is 4.68 Å². The molecule has 0 aromatic carbocycles. The molecule has 23 heavy (non-hydrogen) atoms. The number of hydrogen-bond acceptors (Lipinski definition) is 6. The van der Waals surface area contributed by atoms with Crippen LogP contribution in [0.25, 0.3) is 0 Å². The second-order valence-corrected chi connectivity index (χ2v) is 5.56. The quantitative estimate of drug-likeness (QED) is 0.786. The van der Waals surface area contributed by atoms with Crippen LogP contribution < -0.4 is 16.2 Å². The van der Waals surface area contributed by atoms with Crippen molar-refractivity contribution in [2.24, 2.45) is 5.73 Å². The summed E-state index contributed by atoms with van der Waals surface area (Å²) in [4.78, 5) is 14.4. The van der Waals surface area contributed by atoms with Gasteiger partial charge < -0.3 is 15.4 Å². The van der Waals surface area contributed by atoms with E-state index >= 15 is 0 Å². The van der Waals surface area contributed by atoms with Crippen LogP contribution in [-0.4, -0.2) is 51.9 Å². The Morgan fingerprint density at radius 3 is 3.00 bits per heavy atom. The van der Waals surface area contributed by atoms with Crippen LogP contribution >= 0.6 is 0 Å². The Balaban J connectivity index is 1.65. The molecule has 1 atom stereocenters. The Bertz CT molecular complexity index is 667. The second-order valence-electron chi connectivity index (χ2n) is 5.56. The summed E-state index contributed by atoms with van der Waals surface area (Å²) in [6.45, 7) is 3.88. The molecular weight excluding hydrogens is 296 g/mol. The van der Waals surface area contributed by atoms with E-state index in [-0.39, 0.29) is 11.7 Å². The van der Waals surface area contributed by atoms with Crippen molar-refractivity contribution in [1.82, 2.24) is 19.6 Å². The highest BCUT2D eigenvalue weighted by atomic mass is 16.5. The van der Waals surface area contributed by atoms with Crippen LogP contribution in [0.5, 0.6) is 0 Å². The molecule has 3 rings (SSSR count). The zero-order valence-corrected chi connectivity index (χ0v) is 13.0. The van der Waals surface area contributed by atoms with Crippen LogP contribution in [-0.2, 0) is 17.8 Å². The fraction of sp³-hybridized carbons (Fsp3) is 0.533. The van der Waals surface area contributed by atoms with E-state index in [1.54, 1.807) is 23.1 Å². The maximum Gasteiger partial charge on any atom is 0.268 e. The third kappa shape index (κ3) is 3.96. The van der Waals surface area contributed by atoms with E-state index in [0.717, 1.165) is 25.2 Å². The normalized spacial score (nSPS) is 18.3. The Morgan fingerprint density at radius 2 is 2.26 bits per heavy atom. The van der Waals surface area contributed by atoms with Crippen molar-refractivity contribution in [3.63, 3.8) is 0 Å². The largest absolute Gasteiger partial charge is 0.374 e. The molecule has 0 saturated carbocycles. The molecular formula is C15H22N6O2. The fourth-order valence-corrected chi connectivity index (χ4v) is 2.71. The average Bonchev–Trinajstić information content (AvgIpc) is 3.08. The van der Waals surface area contributed by atoms with Gasteiger partial charge in [-0.05, 0) is 19.0 Å². The number of hydrogen-bond donors (Lipinski definition) is 1. The predicted molar refractivity (Wildman–Crippen MR) is 86.3 cm³/mol. The van der Waals surface area contributed by atoms with Crippen molar-refractivity contribution in [3.05, 3.63) is 41.1 Å². The topological polar surface area (TPSA) is 91.2 Å². The van der Waals surface area contributed by atoms with E-state index < -0.39 is 0 Å². The van der Waals surface area contributed by atoms with Gasteiger partial charge in [-0.1, -0.05) is 0 Å². The third-order valence-corrected chi connectivity index (χ3v) is 3.95. The lowest BCUT2D eigenvalue weighted by atomic mass is 10.2. The fourth-order valence-electron chi connectivity index (χ4n) is 2.71. The smallest absolute Gasteiger partial charge is 0.268 e. The molecule has 2 aromatic rings. The molecule has 8 nitrogen and oxygen atoms in total. The SMILES string of the molecule is NCCC1CN(c2cnn(CCn3cccn3)c(=O)c2)CCO1. The summed E-state index contributed by atoms with van der Waals surface area (Å²) in [5.41, 5.74) is 6.33. The average molecular weight is 318 g/mol. The van der Waals surface area contributed by atoms with Gasteiger partial charge in [0, 0.05) is 31.5 Å². The molecule has 0 amide bonds. The van der Waals surface area contributed by atoms with Crippen LogP contribution in [0.1, 0.15) is 6.42 Å². The highest BCUT2D eigenvalue weighted by Gasteiger charge is 2.20. The third-order valence-electron chi connectivity index (χ3n) is 3.95. The first-order chi connectivity index (χ1) is 11.3. The molecule has 1 saturated heterocycles. The lowest BCUT2D eigenvalue weighted by molar-refractivity contribution is 0.0368. The number of aryl methyl sites for hydroxylation is 2. The number of aromatic nitrogens is 4. The van der Waals surface area contributed by atoms with Crippen LogP contribution in [0.2, 0.25) is 0 Å². The molecule has 3 heterocycles. The Morgan fingerprint density at radius 1 is 1.35 bits per heavy atom. The van der Waals surface area contributed by atoms with Gasteiger partial charge in [0.25, 0.3) is 5.56 Å². The first kappa shape index (κ1) is 15.7. The Kier molecular flexibility index (Phi) is 5.04. The minimum Gasteiger partial charge on any atom is -0.374 e. The summed E-state index contributed by atoms with van der Waals surface area (Å²) in [7, 11) is 0. The van der Waals surface area contributed by atoms with Gasteiger partial charge in [-0.15, -0.1) is 0 Å². The molecule has 0 spiro atoms. The van der Waals surface area contributed by atoms with E-state index in [4.69, 9.17) is 10.5 Å². The maximum absolute atomic E-state index is 12.2. The van der Waals surface area contributed by atoms with Crippen molar-refractivity contribution in [1.29, 1.82) is 0 Å². The first-order valence-electron chi connectivity index (χ1n) is 7.87. The van der Waals surface area contributed by atoms with E-state index in [1.807, 2.05) is 12.3 Å². The molecule has 124 valence electrons. The van der Waals surface area contributed by atoms with Crippen LogP contribution in [0.15, 0.2) is 35.5 Å². The second kappa shape index (κ2) is 7.38. The number of anilines is 1. The maximum atomic E-state index is 12.2. The van der Waals surface area contributed by atoms with E-state index in [2.05, 4.69) is 15.1 Å². The zero-order valence-electron chi connectivity index (χ0n) is 13.0. The molecule has 0 radical (unpaired) electrons. The molecule has 1 aliphatic heterocycles. The summed E-state index contributed by atoms with van der Waals surface area (Å²) >= 11 is 0. The van der Waals surface area contributed by atoms with Gasteiger partial charge in [-0.2, -0.15) is 10.2 Å². The van der Waals surface area contributed by atoms with Gasteiger partial charge in [0.15, 0.2) is 0 Å². The van der Waals surface area contributed by atoms with Crippen LogP contribution in [0.3, 0.4) is 0 Å². The van der Waals surface area contributed by atoms with Gasteiger partial charge in [-0.3, -0.25) is 9.48 Å². The van der Waals surface area contributed by atoms with Crippen molar-refractivity contribution < 1.29 is 4.74 Å². The minimum atomic E-state index is -0.100.